The predicted molar refractivity (Wildman–Crippen MR) is 99.8 cm³/mol. The average molecular weight is 440 g/mol. The number of amides is 1. The molecule has 0 radical (unpaired) electrons. The van der Waals surface area contributed by atoms with Crippen LogP contribution in [0, 0.1) is 3.57 Å². The van der Waals surface area contributed by atoms with Crippen molar-refractivity contribution in [1.82, 2.24) is 4.98 Å². The number of hydrogen-bond acceptors (Lipinski definition) is 5. The molecule has 3 aromatic rings. The van der Waals surface area contributed by atoms with Crippen LogP contribution < -0.4 is 14.8 Å². The van der Waals surface area contributed by atoms with Gasteiger partial charge in [-0.3, -0.25) is 10.1 Å². The maximum atomic E-state index is 12.3. The quantitative estimate of drug-likeness (QED) is 0.619. The fourth-order valence-electron chi connectivity index (χ4n) is 2.11. The number of anilines is 1. The number of rotatable bonds is 4. The van der Waals surface area contributed by atoms with E-state index in [4.69, 9.17) is 9.47 Å². The van der Waals surface area contributed by atoms with E-state index < -0.39 is 0 Å². The Morgan fingerprint density at radius 2 is 1.91 bits per heavy atom. The molecule has 1 amide bonds. The summed E-state index contributed by atoms with van der Waals surface area (Å²) in [6, 6.07) is 11.0. The number of benzene rings is 2. The largest absolute Gasteiger partial charge is 0.493 e. The fourth-order valence-corrected chi connectivity index (χ4v) is 3.52. The Bertz CT molecular complexity index is 838. The van der Waals surface area contributed by atoms with Crippen LogP contribution >= 0.6 is 33.9 Å². The van der Waals surface area contributed by atoms with Gasteiger partial charge in [0.25, 0.3) is 5.91 Å². The summed E-state index contributed by atoms with van der Waals surface area (Å²) in [4.78, 5) is 16.7. The van der Waals surface area contributed by atoms with Gasteiger partial charge in [-0.1, -0.05) is 17.4 Å². The summed E-state index contributed by atoms with van der Waals surface area (Å²) in [7, 11) is 3.17. The third-order valence-electron chi connectivity index (χ3n) is 3.20. The van der Waals surface area contributed by atoms with Crippen molar-refractivity contribution < 1.29 is 14.3 Å². The summed E-state index contributed by atoms with van der Waals surface area (Å²) in [6.07, 6.45) is 0. The number of thiazole rings is 1. The fraction of sp³-hybridized carbons (Fsp3) is 0.125. The highest BCUT2D eigenvalue weighted by molar-refractivity contribution is 14.1. The highest BCUT2D eigenvalue weighted by Crippen LogP contribution is 2.36. The van der Waals surface area contributed by atoms with Crippen LogP contribution in [0.4, 0.5) is 5.13 Å². The average Bonchev–Trinajstić information content (AvgIpc) is 2.94. The zero-order valence-corrected chi connectivity index (χ0v) is 15.4. The zero-order valence-electron chi connectivity index (χ0n) is 12.4. The van der Waals surface area contributed by atoms with Gasteiger partial charge in [0.1, 0.15) is 0 Å². The van der Waals surface area contributed by atoms with Gasteiger partial charge in [0.05, 0.1) is 24.4 Å². The van der Waals surface area contributed by atoms with Gasteiger partial charge in [-0.25, -0.2) is 4.98 Å². The molecule has 0 saturated heterocycles. The van der Waals surface area contributed by atoms with E-state index in [0.717, 1.165) is 13.8 Å². The summed E-state index contributed by atoms with van der Waals surface area (Å²) in [5.41, 5.74) is 1.36. The van der Waals surface area contributed by atoms with Crippen molar-refractivity contribution in [2.45, 2.75) is 0 Å². The lowest BCUT2D eigenvalue weighted by atomic mass is 10.2. The molecule has 0 spiro atoms. The van der Waals surface area contributed by atoms with E-state index in [2.05, 4.69) is 32.9 Å². The first-order chi connectivity index (χ1) is 11.1. The van der Waals surface area contributed by atoms with Crippen molar-refractivity contribution in [3.8, 4) is 11.5 Å². The van der Waals surface area contributed by atoms with Crippen LogP contribution in [0.25, 0.3) is 10.2 Å². The van der Waals surface area contributed by atoms with Gasteiger partial charge >= 0.3 is 0 Å². The maximum Gasteiger partial charge on any atom is 0.257 e. The number of fused-ring (bicyclic) bond motifs is 1. The first-order valence-corrected chi connectivity index (χ1v) is 8.59. The molecule has 23 heavy (non-hydrogen) atoms. The van der Waals surface area contributed by atoms with Crippen molar-refractivity contribution >= 4 is 55.2 Å². The van der Waals surface area contributed by atoms with Gasteiger partial charge in [0, 0.05) is 21.3 Å². The second-order valence-electron chi connectivity index (χ2n) is 4.66. The highest BCUT2D eigenvalue weighted by atomic mass is 127. The highest BCUT2D eigenvalue weighted by Gasteiger charge is 2.13. The molecule has 7 heteroatoms. The smallest absolute Gasteiger partial charge is 0.257 e. The number of carbonyl (C=O) groups is 1. The molecule has 1 heterocycles. The zero-order chi connectivity index (χ0) is 16.4. The van der Waals surface area contributed by atoms with E-state index in [1.807, 2.05) is 24.3 Å². The van der Waals surface area contributed by atoms with Crippen LogP contribution in [-0.4, -0.2) is 25.1 Å². The summed E-state index contributed by atoms with van der Waals surface area (Å²) >= 11 is 3.57. The van der Waals surface area contributed by atoms with Crippen molar-refractivity contribution in [3.63, 3.8) is 0 Å². The molecule has 0 bridgehead atoms. The Hall–Kier alpha value is -1.87. The van der Waals surface area contributed by atoms with Gasteiger partial charge in [0.2, 0.25) is 0 Å². The molecule has 0 aliphatic carbocycles. The molecule has 1 N–H and O–H groups in total. The van der Waals surface area contributed by atoms with Gasteiger partial charge in [-0.2, -0.15) is 0 Å². The molecule has 0 fully saturated rings. The molecule has 0 saturated carbocycles. The molecular weight excluding hydrogens is 427 g/mol. The Morgan fingerprint density at radius 3 is 2.61 bits per heavy atom. The number of methoxy groups -OCH3 is 2. The number of halogens is 1. The molecule has 5 nitrogen and oxygen atoms in total. The standard InChI is InChI=1S/C16H13IN2O3S/c1-21-12-7-11-14(8-13(12)22-2)23-16(18-11)19-15(20)9-4-3-5-10(17)6-9/h3-8H,1-2H3,(H,18,19,20). The van der Waals surface area contributed by atoms with E-state index in [9.17, 15) is 4.79 Å². The normalized spacial score (nSPS) is 10.6. The first-order valence-electron chi connectivity index (χ1n) is 6.70. The lowest BCUT2D eigenvalue weighted by Crippen LogP contribution is -2.11. The second kappa shape index (κ2) is 6.71. The summed E-state index contributed by atoms with van der Waals surface area (Å²) in [5.74, 6) is 1.07. The third kappa shape index (κ3) is 3.40. The van der Waals surface area contributed by atoms with Crippen molar-refractivity contribution in [2.24, 2.45) is 0 Å². The Balaban J connectivity index is 1.90. The monoisotopic (exact) mass is 440 g/mol. The summed E-state index contributed by atoms with van der Waals surface area (Å²) in [6.45, 7) is 0. The van der Waals surface area contributed by atoms with Crippen molar-refractivity contribution in [2.75, 3.05) is 19.5 Å². The second-order valence-corrected chi connectivity index (χ2v) is 6.93. The minimum absolute atomic E-state index is 0.179. The number of carbonyl (C=O) groups excluding carboxylic acids is 1. The molecule has 3 rings (SSSR count). The number of ether oxygens (including phenoxy) is 2. The molecule has 0 unspecified atom stereocenters. The van der Waals surface area contributed by atoms with Gasteiger partial charge in [0.15, 0.2) is 16.6 Å². The van der Waals surface area contributed by atoms with E-state index in [0.29, 0.717) is 22.2 Å². The van der Waals surface area contributed by atoms with Crippen LogP contribution in [0.15, 0.2) is 36.4 Å². The topological polar surface area (TPSA) is 60.5 Å². The molecule has 0 atom stereocenters. The third-order valence-corrected chi connectivity index (χ3v) is 4.81. The van der Waals surface area contributed by atoms with E-state index in [1.165, 1.54) is 11.3 Å². The van der Waals surface area contributed by atoms with Crippen LogP contribution in [0.1, 0.15) is 10.4 Å². The molecule has 1 aromatic heterocycles. The predicted octanol–water partition coefficient (Wildman–Crippen LogP) is 4.17. The Kier molecular flexibility index (Phi) is 4.67. The van der Waals surface area contributed by atoms with E-state index in [1.54, 1.807) is 26.4 Å². The molecule has 2 aromatic carbocycles. The molecule has 0 aliphatic rings. The summed E-state index contributed by atoms with van der Waals surface area (Å²) < 4.78 is 12.5. The minimum Gasteiger partial charge on any atom is -0.493 e. The Morgan fingerprint density at radius 1 is 1.17 bits per heavy atom. The van der Waals surface area contributed by atoms with Crippen molar-refractivity contribution in [3.05, 3.63) is 45.5 Å². The molecule has 118 valence electrons. The number of nitrogens with one attached hydrogen (secondary N) is 1. The van der Waals surface area contributed by atoms with Gasteiger partial charge in [-0.15, -0.1) is 0 Å². The van der Waals surface area contributed by atoms with Crippen LogP contribution in [0.3, 0.4) is 0 Å². The lowest BCUT2D eigenvalue weighted by Gasteiger charge is -2.05. The van der Waals surface area contributed by atoms with Crippen LogP contribution in [0.5, 0.6) is 11.5 Å². The summed E-state index contributed by atoms with van der Waals surface area (Å²) in [5, 5.41) is 3.37. The van der Waals surface area contributed by atoms with Gasteiger partial charge < -0.3 is 9.47 Å². The van der Waals surface area contributed by atoms with Crippen LogP contribution in [-0.2, 0) is 0 Å². The van der Waals surface area contributed by atoms with E-state index in [-0.39, 0.29) is 5.91 Å². The van der Waals surface area contributed by atoms with Gasteiger partial charge in [-0.05, 0) is 40.8 Å². The first kappa shape index (κ1) is 16.0. The van der Waals surface area contributed by atoms with E-state index >= 15 is 0 Å². The lowest BCUT2D eigenvalue weighted by molar-refractivity contribution is 0.102. The number of aromatic nitrogens is 1. The maximum absolute atomic E-state index is 12.3. The molecular formula is C16H13IN2O3S. The SMILES string of the molecule is COc1cc2nc(NC(=O)c3cccc(I)c3)sc2cc1OC. The number of nitrogens with zero attached hydrogens (tertiary/aromatic N) is 1. The Labute approximate surface area is 150 Å². The van der Waals surface area contributed by atoms with Crippen LogP contribution in [0.2, 0.25) is 0 Å². The minimum atomic E-state index is -0.179. The number of hydrogen-bond donors (Lipinski definition) is 1. The van der Waals surface area contributed by atoms with Crippen molar-refractivity contribution in [1.29, 1.82) is 0 Å². The molecule has 0 aliphatic heterocycles.